The molecule has 0 radical (unpaired) electrons. The van der Waals surface area contributed by atoms with Crippen LogP contribution < -0.4 is 5.73 Å². The van der Waals surface area contributed by atoms with Gasteiger partial charge in [-0.25, -0.2) is 0 Å². The number of nitriles is 1. The van der Waals surface area contributed by atoms with Crippen LogP contribution in [0.4, 0.5) is 0 Å². The maximum absolute atomic E-state index is 8.45. The van der Waals surface area contributed by atoms with Crippen LogP contribution in [0.25, 0.3) is 0 Å². The van der Waals surface area contributed by atoms with Crippen molar-refractivity contribution in [2.24, 2.45) is 5.73 Å². The summed E-state index contributed by atoms with van der Waals surface area (Å²) in [5.74, 6) is 0. The van der Waals surface area contributed by atoms with Crippen LogP contribution in [0.3, 0.4) is 0 Å². The summed E-state index contributed by atoms with van der Waals surface area (Å²) in [5.41, 5.74) is 6.48. The average molecular weight is 181 g/mol. The fourth-order valence-electron chi connectivity index (χ4n) is 0.920. The van der Waals surface area contributed by atoms with E-state index in [0.717, 1.165) is 5.56 Å². The van der Waals surface area contributed by atoms with Crippen molar-refractivity contribution in [2.75, 3.05) is 0 Å². The number of benzene rings is 1. The fraction of sp³-hybridized carbons (Fsp3) is 0.222. The summed E-state index contributed by atoms with van der Waals surface area (Å²) >= 11 is 5.69. The van der Waals surface area contributed by atoms with Gasteiger partial charge in [-0.1, -0.05) is 23.7 Å². The molecule has 0 bridgehead atoms. The van der Waals surface area contributed by atoms with Gasteiger partial charge in [-0.2, -0.15) is 5.26 Å². The number of halogens is 1. The fourth-order valence-corrected chi connectivity index (χ4v) is 1.05. The summed E-state index contributed by atoms with van der Waals surface area (Å²) in [5, 5.41) is 9.15. The third kappa shape index (κ3) is 2.54. The first kappa shape index (κ1) is 9.05. The summed E-state index contributed by atoms with van der Waals surface area (Å²) < 4.78 is 0. The summed E-state index contributed by atoms with van der Waals surface area (Å²) in [6, 6.07) is 8.88. The molecule has 0 amide bonds. The number of rotatable bonds is 2. The Balaban J connectivity index is 2.66. The molecule has 0 heterocycles. The molecule has 62 valence electrons. The highest BCUT2D eigenvalue weighted by Gasteiger charge is 2.00. The molecule has 0 saturated carbocycles. The van der Waals surface area contributed by atoms with Gasteiger partial charge in [-0.05, 0) is 17.7 Å². The lowest BCUT2D eigenvalue weighted by atomic mass is 10.1. The Morgan fingerprint density at radius 3 is 2.50 bits per heavy atom. The van der Waals surface area contributed by atoms with Crippen molar-refractivity contribution >= 4 is 11.6 Å². The van der Waals surface area contributed by atoms with Crippen LogP contribution in [0.1, 0.15) is 5.56 Å². The van der Waals surface area contributed by atoms with E-state index in [1.54, 1.807) is 12.1 Å². The first-order chi connectivity index (χ1) is 5.72. The second-order valence-corrected chi connectivity index (χ2v) is 3.00. The van der Waals surface area contributed by atoms with Crippen molar-refractivity contribution in [2.45, 2.75) is 12.5 Å². The first-order valence-electron chi connectivity index (χ1n) is 3.62. The number of hydrogen-bond donors (Lipinski definition) is 1. The van der Waals surface area contributed by atoms with E-state index in [1.807, 2.05) is 18.2 Å². The Morgan fingerprint density at radius 1 is 1.42 bits per heavy atom. The van der Waals surface area contributed by atoms with Gasteiger partial charge in [0.15, 0.2) is 0 Å². The van der Waals surface area contributed by atoms with Crippen LogP contribution in [-0.4, -0.2) is 6.04 Å². The Kier molecular flexibility index (Phi) is 3.09. The molecular weight excluding hydrogens is 172 g/mol. The van der Waals surface area contributed by atoms with Gasteiger partial charge in [0, 0.05) is 11.4 Å². The highest BCUT2D eigenvalue weighted by molar-refractivity contribution is 6.30. The highest BCUT2D eigenvalue weighted by atomic mass is 35.5. The second kappa shape index (κ2) is 4.10. The zero-order valence-electron chi connectivity index (χ0n) is 6.50. The molecular formula is C9H9ClN2. The van der Waals surface area contributed by atoms with Crippen LogP contribution in [0, 0.1) is 11.3 Å². The van der Waals surface area contributed by atoms with E-state index in [4.69, 9.17) is 22.6 Å². The van der Waals surface area contributed by atoms with Gasteiger partial charge in [0.2, 0.25) is 0 Å². The zero-order chi connectivity index (χ0) is 8.97. The summed E-state index contributed by atoms with van der Waals surface area (Å²) in [4.78, 5) is 0. The molecule has 2 N–H and O–H groups in total. The summed E-state index contributed by atoms with van der Waals surface area (Å²) in [6.07, 6.45) is 0.577. The van der Waals surface area contributed by atoms with Crippen molar-refractivity contribution in [3.63, 3.8) is 0 Å². The zero-order valence-corrected chi connectivity index (χ0v) is 7.25. The van der Waals surface area contributed by atoms with Gasteiger partial charge in [-0.3, -0.25) is 0 Å². The molecule has 1 aromatic rings. The van der Waals surface area contributed by atoms with Crippen LogP contribution in [0.2, 0.25) is 5.02 Å². The first-order valence-corrected chi connectivity index (χ1v) is 4.00. The van der Waals surface area contributed by atoms with Gasteiger partial charge in [0.25, 0.3) is 0 Å². The van der Waals surface area contributed by atoms with E-state index < -0.39 is 6.04 Å². The molecule has 3 heteroatoms. The molecule has 0 aliphatic carbocycles. The maximum Gasteiger partial charge on any atom is 0.0968 e. The van der Waals surface area contributed by atoms with Gasteiger partial charge in [-0.15, -0.1) is 0 Å². The largest absolute Gasteiger partial charge is 0.316 e. The SMILES string of the molecule is N#C[C@@H](N)Cc1ccc(Cl)cc1. The van der Waals surface area contributed by atoms with E-state index in [1.165, 1.54) is 0 Å². The maximum atomic E-state index is 8.45. The molecule has 1 rings (SSSR count). The van der Waals surface area contributed by atoms with E-state index >= 15 is 0 Å². The van der Waals surface area contributed by atoms with Crippen LogP contribution in [0.5, 0.6) is 0 Å². The number of nitrogens with two attached hydrogens (primary N) is 1. The minimum atomic E-state index is -0.425. The lowest BCUT2D eigenvalue weighted by molar-refractivity contribution is 0.823. The lowest BCUT2D eigenvalue weighted by Gasteiger charge is -2.01. The Morgan fingerprint density at radius 2 is 2.00 bits per heavy atom. The lowest BCUT2D eigenvalue weighted by Crippen LogP contribution is -2.19. The van der Waals surface area contributed by atoms with E-state index in [9.17, 15) is 0 Å². The second-order valence-electron chi connectivity index (χ2n) is 2.57. The highest BCUT2D eigenvalue weighted by Crippen LogP contribution is 2.10. The van der Waals surface area contributed by atoms with Crippen molar-refractivity contribution in [1.29, 1.82) is 5.26 Å². The smallest absolute Gasteiger partial charge is 0.0968 e. The van der Waals surface area contributed by atoms with Crippen molar-refractivity contribution in [1.82, 2.24) is 0 Å². The standard InChI is InChI=1S/C9H9ClN2/c10-8-3-1-7(2-4-8)5-9(12)6-11/h1-4,9H,5,12H2/t9-/m0/s1. The van der Waals surface area contributed by atoms with Gasteiger partial charge >= 0.3 is 0 Å². The normalized spacial score (nSPS) is 12.1. The molecule has 0 unspecified atom stereocenters. The summed E-state index contributed by atoms with van der Waals surface area (Å²) in [6.45, 7) is 0. The van der Waals surface area contributed by atoms with Gasteiger partial charge < -0.3 is 5.73 Å². The minimum Gasteiger partial charge on any atom is -0.316 e. The van der Waals surface area contributed by atoms with Crippen LogP contribution in [0.15, 0.2) is 24.3 Å². The number of nitrogens with zero attached hydrogens (tertiary/aromatic N) is 1. The molecule has 0 fully saturated rings. The van der Waals surface area contributed by atoms with Crippen molar-refractivity contribution in [3.05, 3.63) is 34.9 Å². The third-order valence-electron chi connectivity index (χ3n) is 1.53. The van der Waals surface area contributed by atoms with Gasteiger partial charge in [0.05, 0.1) is 12.1 Å². The molecule has 2 nitrogen and oxygen atoms in total. The Hall–Kier alpha value is -1.04. The van der Waals surface area contributed by atoms with Crippen molar-refractivity contribution in [3.8, 4) is 6.07 Å². The molecule has 0 spiro atoms. The van der Waals surface area contributed by atoms with E-state index in [2.05, 4.69) is 0 Å². The minimum absolute atomic E-state index is 0.425. The van der Waals surface area contributed by atoms with Crippen molar-refractivity contribution < 1.29 is 0 Å². The van der Waals surface area contributed by atoms with Crippen LogP contribution in [-0.2, 0) is 6.42 Å². The predicted molar refractivity (Wildman–Crippen MR) is 48.7 cm³/mol. The van der Waals surface area contributed by atoms with Gasteiger partial charge in [0.1, 0.15) is 0 Å². The molecule has 0 aliphatic heterocycles. The monoisotopic (exact) mass is 180 g/mol. The predicted octanol–water partition coefficient (Wildman–Crippen LogP) is 1.73. The molecule has 1 atom stereocenters. The molecule has 0 aromatic heterocycles. The molecule has 0 saturated heterocycles. The topological polar surface area (TPSA) is 49.8 Å². The van der Waals surface area contributed by atoms with E-state index in [0.29, 0.717) is 11.4 Å². The molecule has 0 aliphatic rings. The van der Waals surface area contributed by atoms with E-state index in [-0.39, 0.29) is 0 Å². The quantitative estimate of drug-likeness (QED) is 0.754. The Bertz CT molecular complexity index is 286. The average Bonchev–Trinajstić information content (AvgIpc) is 2.09. The summed E-state index contributed by atoms with van der Waals surface area (Å²) in [7, 11) is 0. The Labute approximate surface area is 76.6 Å². The molecule has 1 aromatic carbocycles. The third-order valence-corrected chi connectivity index (χ3v) is 1.79. The number of hydrogen-bond acceptors (Lipinski definition) is 2. The molecule has 12 heavy (non-hydrogen) atoms. The van der Waals surface area contributed by atoms with Crippen LogP contribution >= 0.6 is 11.6 Å².